The van der Waals surface area contributed by atoms with Crippen LogP contribution >= 0.6 is 0 Å². The fraction of sp³-hybridized carbons (Fsp3) is 0.615. The molecule has 0 aromatic heterocycles. The molecule has 1 fully saturated rings. The SMILES string of the molecule is COC(=O)CNC(=O)C(c1ccc(O)cc1)N(C(=O)C(CC(C)C)NC(=O)OC(C)(C)C)C1CC1C. The average molecular weight is 506 g/mol. The van der Waals surface area contributed by atoms with Crippen molar-refractivity contribution in [2.45, 2.75) is 78.1 Å². The number of hydrogen-bond donors (Lipinski definition) is 3. The van der Waals surface area contributed by atoms with Gasteiger partial charge in [-0.1, -0.05) is 32.9 Å². The average Bonchev–Trinajstić information content (AvgIpc) is 3.49. The normalized spacial score (nSPS) is 18.6. The Morgan fingerprint density at radius 1 is 1.14 bits per heavy atom. The van der Waals surface area contributed by atoms with Crippen LogP contribution in [0.4, 0.5) is 4.79 Å². The number of aromatic hydroxyl groups is 1. The van der Waals surface area contributed by atoms with Gasteiger partial charge in [0, 0.05) is 6.04 Å². The molecule has 4 atom stereocenters. The second-order valence-electron chi connectivity index (χ2n) is 10.6. The quantitative estimate of drug-likeness (QED) is 0.416. The fourth-order valence-electron chi connectivity index (χ4n) is 3.92. The number of nitrogens with one attached hydrogen (secondary N) is 2. The molecule has 1 aromatic rings. The predicted molar refractivity (Wildman–Crippen MR) is 133 cm³/mol. The predicted octanol–water partition coefficient (Wildman–Crippen LogP) is 2.90. The minimum Gasteiger partial charge on any atom is -0.508 e. The molecule has 1 aliphatic carbocycles. The second kappa shape index (κ2) is 12.1. The molecular formula is C26H39N3O7. The Labute approximate surface area is 212 Å². The minimum absolute atomic E-state index is 0.00871. The summed E-state index contributed by atoms with van der Waals surface area (Å²) in [6, 6.07) is 3.72. The number of hydrogen-bond acceptors (Lipinski definition) is 7. The van der Waals surface area contributed by atoms with Crippen molar-refractivity contribution in [3.63, 3.8) is 0 Å². The Bertz CT molecular complexity index is 940. The molecule has 1 aliphatic rings. The highest BCUT2D eigenvalue weighted by atomic mass is 16.6. The number of nitrogens with zero attached hydrogens (tertiary/aromatic N) is 1. The number of alkyl carbamates (subject to hydrolysis) is 1. The zero-order valence-electron chi connectivity index (χ0n) is 22.2. The van der Waals surface area contributed by atoms with Crippen LogP contribution in [0.2, 0.25) is 0 Å². The Morgan fingerprint density at radius 3 is 2.19 bits per heavy atom. The van der Waals surface area contributed by atoms with Crippen molar-refractivity contribution >= 4 is 23.9 Å². The van der Waals surface area contributed by atoms with Crippen LogP contribution in [0.5, 0.6) is 5.75 Å². The van der Waals surface area contributed by atoms with Crippen molar-refractivity contribution < 1.29 is 33.8 Å². The molecule has 4 unspecified atom stereocenters. The van der Waals surface area contributed by atoms with Crippen molar-refractivity contribution in [1.29, 1.82) is 0 Å². The van der Waals surface area contributed by atoms with E-state index in [9.17, 15) is 24.3 Å². The molecule has 0 aliphatic heterocycles. The van der Waals surface area contributed by atoms with E-state index >= 15 is 0 Å². The van der Waals surface area contributed by atoms with E-state index in [1.807, 2.05) is 20.8 Å². The van der Waals surface area contributed by atoms with Gasteiger partial charge in [0.1, 0.15) is 30.0 Å². The Hall–Kier alpha value is -3.30. The summed E-state index contributed by atoms with van der Waals surface area (Å²) in [5.74, 6) is -1.41. The first-order valence-corrected chi connectivity index (χ1v) is 12.2. The summed E-state index contributed by atoms with van der Waals surface area (Å²) >= 11 is 0. The Balaban J connectivity index is 2.46. The van der Waals surface area contributed by atoms with Gasteiger partial charge in [-0.15, -0.1) is 0 Å². The number of rotatable bonds is 10. The lowest BCUT2D eigenvalue weighted by molar-refractivity contribution is -0.145. The monoisotopic (exact) mass is 505 g/mol. The van der Waals surface area contributed by atoms with E-state index in [0.717, 1.165) is 0 Å². The lowest BCUT2D eigenvalue weighted by Gasteiger charge is -2.35. The van der Waals surface area contributed by atoms with Crippen molar-refractivity contribution in [3.05, 3.63) is 29.8 Å². The zero-order chi connectivity index (χ0) is 27.2. The maximum Gasteiger partial charge on any atom is 0.408 e. The summed E-state index contributed by atoms with van der Waals surface area (Å²) in [4.78, 5) is 53.2. The van der Waals surface area contributed by atoms with Crippen molar-refractivity contribution in [1.82, 2.24) is 15.5 Å². The standard InChI is InChI=1S/C26H39N3O7/c1-15(2)12-19(28-25(34)36-26(4,5)6)24(33)29(20-13-16(20)3)22(17-8-10-18(30)11-9-17)23(32)27-14-21(31)35-7/h8-11,15-16,19-20,22,30H,12-14H2,1-7H3,(H,27,32)(H,28,34). The summed E-state index contributed by atoms with van der Waals surface area (Å²) < 4.78 is 10.0. The summed E-state index contributed by atoms with van der Waals surface area (Å²) in [5.41, 5.74) is -0.286. The van der Waals surface area contributed by atoms with E-state index in [1.165, 1.54) is 24.1 Å². The molecule has 10 heteroatoms. The molecule has 2 rings (SSSR count). The number of ether oxygens (including phenoxy) is 2. The van der Waals surface area contributed by atoms with Gasteiger partial charge >= 0.3 is 12.1 Å². The van der Waals surface area contributed by atoms with Gasteiger partial charge in [-0.3, -0.25) is 14.4 Å². The number of esters is 1. The van der Waals surface area contributed by atoms with Gasteiger partial charge in [-0.25, -0.2) is 4.79 Å². The third-order valence-corrected chi connectivity index (χ3v) is 5.74. The highest BCUT2D eigenvalue weighted by Crippen LogP contribution is 2.41. The number of phenolic OH excluding ortho intramolecular Hbond substituents is 1. The van der Waals surface area contributed by atoms with Gasteiger partial charge in [0.25, 0.3) is 0 Å². The number of amides is 3. The zero-order valence-corrected chi connectivity index (χ0v) is 22.2. The first kappa shape index (κ1) is 28.9. The van der Waals surface area contributed by atoms with Crippen LogP contribution in [-0.4, -0.2) is 65.2 Å². The van der Waals surface area contributed by atoms with Gasteiger partial charge in [0.15, 0.2) is 0 Å². The molecule has 3 N–H and O–H groups in total. The largest absolute Gasteiger partial charge is 0.508 e. The third-order valence-electron chi connectivity index (χ3n) is 5.74. The van der Waals surface area contributed by atoms with Gasteiger partial charge in [-0.2, -0.15) is 0 Å². The van der Waals surface area contributed by atoms with E-state index in [2.05, 4.69) is 15.4 Å². The molecular weight excluding hydrogens is 466 g/mol. The summed E-state index contributed by atoms with van der Waals surface area (Å²) in [7, 11) is 1.21. The van der Waals surface area contributed by atoms with Crippen LogP contribution in [-0.2, 0) is 23.9 Å². The Morgan fingerprint density at radius 2 is 1.72 bits per heavy atom. The fourth-order valence-corrected chi connectivity index (χ4v) is 3.92. The van der Waals surface area contributed by atoms with Gasteiger partial charge in [0.2, 0.25) is 11.8 Å². The van der Waals surface area contributed by atoms with Crippen LogP contribution in [0.3, 0.4) is 0 Å². The van der Waals surface area contributed by atoms with E-state index in [0.29, 0.717) is 18.4 Å². The highest BCUT2D eigenvalue weighted by Gasteiger charge is 2.48. The summed E-state index contributed by atoms with van der Waals surface area (Å²) in [6.45, 7) is 10.7. The molecule has 0 radical (unpaired) electrons. The van der Waals surface area contributed by atoms with Crippen molar-refractivity contribution in [2.75, 3.05) is 13.7 Å². The minimum atomic E-state index is -1.09. The summed E-state index contributed by atoms with van der Waals surface area (Å²) in [5, 5.41) is 15.0. The maximum absolute atomic E-state index is 14.0. The molecule has 0 bridgehead atoms. The van der Waals surface area contributed by atoms with Crippen LogP contribution in [0.1, 0.15) is 66.0 Å². The first-order chi connectivity index (χ1) is 16.7. The topological polar surface area (TPSA) is 134 Å². The number of benzene rings is 1. The van der Waals surface area contributed by atoms with E-state index in [4.69, 9.17) is 4.74 Å². The van der Waals surface area contributed by atoms with E-state index in [-0.39, 0.29) is 30.2 Å². The molecule has 200 valence electrons. The molecule has 3 amide bonds. The van der Waals surface area contributed by atoms with Gasteiger partial charge < -0.3 is 30.1 Å². The van der Waals surface area contributed by atoms with Crippen molar-refractivity contribution in [2.24, 2.45) is 11.8 Å². The molecule has 1 aromatic carbocycles. The highest BCUT2D eigenvalue weighted by molar-refractivity contribution is 5.93. The van der Waals surface area contributed by atoms with Gasteiger partial charge in [0.05, 0.1) is 7.11 Å². The van der Waals surface area contributed by atoms with E-state index < -0.39 is 41.6 Å². The second-order valence-corrected chi connectivity index (χ2v) is 10.6. The van der Waals surface area contributed by atoms with Crippen LogP contribution < -0.4 is 10.6 Å². The van der Waals surface area contributed by atoms with Gasteiger partial charge in [-0.05, 0) is 63.1 Å². The number of carbonyl (C=O) groups excluding carboxylic acids is 4. The number of carbonyl (C=O) groups is 4. The maximum atomic E-state index is 14.0. The first-order valence-electron chi connectivity index (χ1n) is 12.2. The smallest absolute Gasteiger partial charge is 0.408 e. The summed E-state index contributed by atoms with van der Waals surface area (Å²) in [6.07, 6.45) is 0.300. The molecule has 10 nitrogen and oxygen atoms in total. The molecule has 0 heterocycles. The van der Waals surface area contributed by atoms with Crippen molar-refractivity contribution in [3.8, 4) is 5.75 Å². The van der Waals surface area contributed by atoms with E-state index in [1.54, 1.807) is 32.9 Å². The van der Waals surface area contributed by atoms with Crippen LogP contribution in [0, 0.1) is 11.8 Å². The number of methoxy groups -OCH3 is 1. The molecule has 0 saturated heterocycles. The van der Waals surface area contributed by atoms with Crippen LogP contribution in [0.25, 0.3) is 0 Å². The molecule has 0 spiro atoms. The third kappa shape index (κ3) is 8.42. The number of phenols is 1. The molecule has 1 saturated carbocycles. The lowest BCUT2D eigenvalue weighted by Crippen LogP contribution is -2.54. The van der Waals surface area contributed by atoms with Crippen LogP contribution in [0.15, 0.2) is 24.3 Å². The molecule has 36 heavy (non-hydrogen) atoms. The lowest BCUT2D eigenvalue weighted by atomic mass is 9.98. The Kier molecular flexibility index (Phi) is 9.72.